The van der Waals surface area contributed by atoms with E-state index in [0.29, 0.717) is 17.9 Å². The number of hydrogen-bond donors (Lipinski definition) is 1. The lowest BCUT2D eigenvalue weighted by atomic mass is 9.91. The lowest BCUT2D eigenvalue weighted by Crippen LogP contribution is -2.39. The Hall–Kier alpha value is -0.530. The smallest absolute Gasteiger partial charge is 0.223 e. The molecule has 2 aliphatic carbocycles. The van der Waals surface area contributed by atoms with Gasteiger partial charge >= 0.3 is 0 Å². The molecule has 1 N–H and O–H groups in total. The summed E-state index contributed by atoms with van der Waals surface area (Å²) < 4.78 is 0. The molecule has 2 nitrogen and oxygen atoms in total. The van der Waals surface area contributed by atoms with E-state index < -0.39 is 0 Å². The molecule has 0 aromatic rings. The summed E-state index contributed by atoms with van der Waals surface area (Å²) in [5.74, 6) is 0.674. The van der Waals surface area contributed by atoms with Crippen molar-refractivity contribution in [2.24, 2.45) is 5.92 Å². The monoisotopic (exact) mass is 321 g/mol. The first-order valence-corrected chi connectivity index (χ1v) is 10.7. The van der Waals surface area contributed by atoms with Gasteiger partial charge in [-0.05, 0) is 25.7 Å². The Bertz CT molecular complexity index is 295. The van der Waals surface area contributed by atoms with E-state index in [9.17, 15) is 4.79 Å². The minimum Gasteiger partial charge on any atom is -0.353 e. The van der Waals surface area contributed by atoms with Crippen molar-refractivity contribution in [3.05, 3.63) is 0 Å². The summed E-state index contributed by atoms with van der Waals surface area (Å²) in [6.45, 7) is 0. The first kappa shape index (κ1) is 18.8. The van der Waals surface area contributed by atoms with Crippen LogP contribution in [0.4, 0.5) is 0 Å². The fourth-order valence-electron chi connectivity index (χ4n) is 4.34. The van der Waals surface area contributed by atoms with E-state index in [1.165, 1.54) is 103 Å². The third kappa shape index (κ3) is 8.22. The van der Waals surface area contributed by atoms with Crippen LogP contribution < -0.4 is 5.32 Å². The number of carbonyl (C=O) groups excluding carboxylic acids is 1. The summed E-state index contributed by atoms with van der Waals surface area (Å²) in [5.41, 5.74) is 0. The van der Waals surface area contributed by atoms with E-state index in [1.807, 2.05) is 0 Å². The van der Waals surface area contributed by atoms with Crippen LogP contribution in [0.25, 0.3) is 0 Å². The van der Waals surface area contributed by atoms with Crippen LogP contribution >= 0.6 is 0 Å². The highest BCUT2D eigenvalue weighted by molar-refractivity contribution is 5.78. The van der Waals surface area contributed by atoms with Crippen molar-refractivity contribution in [1.29, 1.82) is 0 Å². The van der Waals surface area contributed by atoms with Crippen molar-refractivity contribution in [3.8, 4) is 0 Å². The lowest BCUT2D eigenvalue weighted by Gasteiger charge is -2.24. The highest BCUT2D eigenvalue weighted by Gasteiger charge is 2.21. The van der Waals surface area contributed by atoms with Crippen LogP contribution in [0, 0.1) is 5.92 Å². The zero-order valence-corrected chi connectivity index (χ0v) is 15.3. The molecule has 1 amide bonds. The first-order valence-electron chi connectivity index (χ1n) is 10.7. The van der Waals surface area contributed by atoms with Gasteiger partial charge in [0.2, 0.25) is 5.91 Å². The Kier molecular flexibility index (Phi) is 9.75. The lowest BCUT2D eigenvalue weighted by molar-refractivity contribution is -0.126. The molecule has 0 heterocycles. The maximum absolute atomic E-state index is 12.8. The summed E-state index contributed by atoms with van der Waals surface area (Å²) in [6, 6.07) is 0.462. The fourth-order valence-corrected chi connectivity index (χ4v) is 4.34. The molecule has 2 rings (SSSR count). The molecule has 134 valence electrons. The Balaban J connectivity index is 1.78. The average molecular weight is 322 g/mol. The zero-order valence-electron chi connectivity index (χ0n) is 15.3. The van der Waals surface area contributed by atoms with Crippen molar-refractivity contribution < 1.29 is 4.79 Å². The van der Waals surface area contributed by atoms with Gasteiger partial charge in [-0.25, -0.2) is 0 Å². The van der Waals surface area contributed by atoms with Crippen LogP contribution in [0.15, 0.2) is 0 Å². The minimum atomic E-state index is 0.292. The molecular formula is C21H39NO. The summed E-state index contributed by atoms with van der Waals surface area (Å²) in [4.78, 5) is 12.8. The van der Waals surface area contributed by atoms with Crippen LogP contribution in [0.5, 0.6) is 0 Å². The largest absolute Gasteiger partial charge is 0.353 e. The first-order chi connectivity index (χ1) is 11.4. The summed E-state index contributed by atoms with van der Waals surface area (Å²) in [6.07, 6.45) is 23.5. The third-order valence-corrected chi connectivity index (χ3v) is 5.93. The minimum absolute atomic E-state index is 0.292. The van der Waals surface area contributed by atoms with Crippen molar-refractivity contribution in [2.45, 2.75) is 122 Å². The molecular weight excluding hydrogens is 282 g/mol. The molecule has 0 radical (unpaired) electrons. The van der Waals surface area contributed by atoms with Gasteiger partial charge in [-0.3, -0.25) is 4.79 Å². The molecule has 0 bridgehead atoms. The number of nitrogens with one attached hydrogen (secondary N) is 1. The van der Waals surface area contributed by atoms with Gasteiger partial charge in [0.15, 0.2) is 0 Å². The Morgan fingerprint density at radius 3 is 1.30 bits per heavy atom. The second kappa shape index (κ2) is 11.9. The van der Waals surface area contributed by atoms with E-state index in [1.54, 1.807) is 0 Å². The standard InChI is InChI=1S/C21H39NO/c23-21(22-20-17-13-9-6-10-14-18-20)19-15-11-7-4-2-1-3-5-8-12-16-19/h19-20H,1-18H2,(H,22,23). The quantitative estimate of drug-likeness (QED) is 0.650. The van der Waals surface area contributed by atoms with Gasteiger partial charge in [-0.1, -0.05) is 89.9 Å². The fraction of sp³-hybridized carbons (Fsp3) is 0.952. The zero-order chi connectivity index (χ0) is 16.2. The summed E-state index contributed by atoms with van der Waals surface area (Å²) in [7, 11) is 0. The molecule has 0 aromatic heterocycles. The van der Waals surface area contributed by atoms with Crippen LogP contribution in [-0.2, 0) is 4.79 Å². The topological polar surface area (TPSA) is 29.1 Å². The van der Waals surface area contributed by atoms with E-state index >= 15 is 0 Å². The van der Waals surface area contributed by atoms with E-state index in [2.05, 4.69) is 5.32 Å². The predicted molar refractivity (Wildman–Crippen MR) is 98.5 cm³/mol. The van der Waals surface area contributed by atoms with Gasteiger partial charge < -0.3 is 5.32 Å². The van der Waals surface area contributed by atoms with Gasteiger partial charge in [0, 0.05) is 12.0 Å². The molecule has 0 aromatic carbocycles. The van der Waals surface area contributed by atoms with Gasteiger partial charge in [0.25, 0.3) is 0 Å². The van der Waals surface area contributed by atoms with E-state index in [0.717, 1.165) is 12.8 Å². The molecule has 0 atom stereocenters. The second-order valence-corrected chi connectivity index (χ2v) is 8.01. The Morgan fingerprint density at radius 2 is 0.870 bits per heavy atom. The SMILES string of the molecule is O=C(NC1CCCCCCC1)C1CCCCCCCCCCC1. The molecule has 2 fully saturated rings. The molecule has 0 spiro atoms. The molecule has 23 heavy (non-hydrogen) atoms. The molecule has 0 saturated heterocycles. The van der Waals surface area contributed by atoms with Gasteiger partial charge in [0.05, 0.1) is 0 Å². The molecule has 0 aliphatic heterocycles. The maximum Gasteiger partial charge on any atom is 0.223 e. The average Bonchev–Trinajstić information content (AvgIpc) is 2.50. The number of amides is 1. The highest BCUT2D eigenvalue weighted by atomic mass is 16.1. The van der Waals surface area contributed by atoms with Crippen LogP contribution in [-0.4, -0.2) is 11.9 Å². The Labute approximate surface area is 144 Å². The van der Waals surface area contributed by atoms with Crippen molar-refractivity contribution in [3.63, 3.8) is 0 Å². The summed E-state index contributed by atoms with van der Waals surface area (Å²) in [5, 5.41) is 3.43. The highest BCUT2D eigenvalue weighted by Crippen LogP contribution is 2.23. The summed E-state index contributed by atoms with van der Waals surface area (Å²) >= 11 is 0. The van der Waals surface area contributed by atoms with Crippen molar-refractivity contribution in [2.75, 3.05) is 0 Å². The number of rotatable bonds is 2. The molecule has 2 saturated carbocycles. The van der Waals surface area contributed by atoms with E-state index in [-0.39, 0.29) is 0 Å². The second-order valence-electron chi connectivity index (χ2n) is 8.01. The Morgan fingerprint density at radius 1 is 0.522 bits per heavy atom. The van der Waals surface area contributed by atoms with Crippen molar-refractivity contribution >= 4 is 5.91 Å². The van der Waals surface area contributed by atoms with Crippen molar-refractivity contribution in [1.82, 2.24) is 5.32 Å². The molecule has 2 heteroatoms. The number of hydrogen-bond acceptors (Lipinski definition) is 1. The molecule has 0 unspecified atom stereocenters. The predicted octanol–water partition coefficient (Wildman–Crippen LogP) is 6.14. The van der Waals surface area contributed by atoms with E-state index in [4.69, 9.17) is 0 Å². The van der Waals surface area contributed by atoms with Crippen LogP contribution in [0.1, 0.15) is 116 Å². The van der Waals surface area contributed by atoms with Crippen LogP contribution in [0.2, 0.25) is 0 Å². The number of carbonyl (C=O) groups is 1. The maximum atomic E-state index is 12.8. The van der Waals surface area contributed by atoms with Gasteiger partial charge in [0.1, 0.15) is 0 Å². The third-order valence-electron chi connectivity index (χ3n) is 5.93. The van der Waals surface area contributed by atoms with Crippen LogP contribution in [0.3, 0.4) is 0 Å². The molecule has 2 aliphatic rings. The van der Waals surface area contributed by atoms with Gasteiger partial charge in [-0.15, -0.1) is 0 Å². The van der Waals surface area contributed by atoms with Gasteiger partial charge in [-0.2, -0.15) is 0 Å². The normalized spacial score (nSPS) is 24.7.